The van der Waals surface area contributed by atoms with E-state index in [1.807, 2.05) is 19.2 Å². The second kappa shape index (κ2) is 7.31. The van der Waals surface area contributed by atoms with Crippen LogP contribution in [-0.4, -0.2) is 7.05 Å². The predicted octanol–water partition coefficient (Wildman–Crippen LogP) is 5.43. The molecule has 0 bridgehead atoms. The van der Waals surface area contributed by atoms with E-state index in [2.05, 4.69) is 37.4 Å². The molecule has 1 N–H and O–H groups in total. The molecule has 0 fully saturated rings. The lowest BCUT2D eigenvalue weighted by molar-refractivity contribution is 0.690. The largest absolute Gasteiger partial charge is 0.309 e. The first-order valence-electron chi connectivity index (χ1n) is 7.34. The van der Waals surface area contributed by atoms with E-state index < -0.39 is 0 Å². The molecular weight excluding hydrogens is 301 g/mol. The number of benzene rings is 2. The predicted molar refractivity (Wildman–Crippen MR) is 92.6 cm³/mol. The van der Waals surface area contributed by atoms with E-state index in [1.165, 1.54) is 16.7 Å². The number of rotatable bonds is 5. The van der Waals surface area contributed by atoms with Crippen molar-refractivity contribution in [2.75, 3.05) is 7.05 Å². The maximum absolute atomic E-state index is 6.13. The van der Waals surface area contributed by atoms with Gasteiger partial charge in [-0.1, -0.05) is 55.2 Å². The molecule has 1 unspecified atom stereocenters. The van der Waals surface area contributed by atoms with Gasteiger partial charge in [0.1, 0.15) is 0 Å². The first kappa shape index (κ1) is 16.4. The van der Waals surface area contributed by atoms with Gasteiger partial charge in [-0.2, -0.15) is 0 Å². The second-order valence-electron chi connectivity index (χ2n) is 5.16. The molecule has 21 heavy (non-hydrogen) atoms. The lowest BCUT2D eigenvalue weighted by atomic mass is 9.93. The minimum Gasteiger partial charge on any atom is -0.309 e. The normalized spacial score (nSPS) is 12.4. The lowest BCUT2D eigenvalue weighted by Crippen LogP contribution is -2.18. The zero-order valence-corrected chi connectivity index (χ0v) is 14.2. The summed E-state index contributed by atoms with van der Waals surface area (Å²) in [5, 5.41) is 4.69. The Hall–Kier alpha value is -1.02. The van der Waals surface area contributed by atoms with Gasteiger partial charge >= 0.3 is 0 Å². The van der Waals surface area contributed by atoms with Crippen LogP contribution in [0.15, 0.2) is 36.4 Å². The van der Waals surface area contributed by atoms with Crippen LogP contribution < -0.4 is 5.32 Å². The Morgan fingerprint density at radius 2 is 1.48 bits per heavy atom. The SMILES string of the molecule is CCc1ccc(C(NC)c2cc(Cl)cc(Cl)c2)cc1CC. The molecule has 2 aromatic carbocycles. The van der Waals surface area contributed by atoms with Crippen molar-refractivity contribution in [2.45, 2.75) is 32.7 Å². The van der Waals surface area contributed by atoms with Crippen LogP contribution in [-0.2, 0) is 12.8 Å². The minimum atomic E-state index is 0.0948. The Morgan fingerprint density at radius 3 is 2.00 bits per heavy atom. The molecule has 0 saturated heterocycles. The molecule has 0 aliphatic rings. The highest BCUT2D eigenvalue weighted by Crippen LogP contribution is 2.29. The molecular formula is C18H21Cl2N. The molecule has 0 aliphatic heterocycles. The van der Waals surface area contributed by atoms with Crippen molar-refractivity contribution >= 4 is 23.2 Å². The maximum Gasteiger partial charge on any atom is 0.0575 e. The van der Waals surface area contributed by atoms with E-state index in [1.54, 1.807) is 6.07 Å². The van der Waals surface area contributed by atoms with Gasteiger partial charge < -0.3 is 5.32 Å². The molecule has 0 aliphatic carbocycles. The zero-order chi connectivity index (χ0) is 15.4. The number of halogens is 2. The van der Waals surface area contributed by atoms with Gasteiger partial charge in [-0.05, 0) is 60.3 Å². The van der Waals surface area contributed by atoms with Crippen molar-refractivity contribution in [2.24, 2.45) is 0 Å². The topological polar surface area (TPSA) is 12.0 Å². The minimum absolute atomic E-state index is 0.0948. The van der Waals surface area contributed by atoms with Gasteiger partial charge in [0, 0.05) is 10.0 Å². The van der Waals surface area contributed by atoms with Crippen molar-refractivity contribution in [3.63, 3.8) is 0 Å². The molecule has 112 valence electrons. The molecule has 2 rings (SSSR count). The summed E-state index contributed by atoms with van der Waals surface area (Å²) in [4.78, 5) is 0. The molecule has 0 radical (unpaired) electrons. The molecule has 2 aromatic rings. The average molecular weight is 322 g/mol. The van der Waals surface area contributed by atoms with Crippen LogP contribution >= 0.6 is 23.2 Å². The number of hydrogen-bond donors (Lipinski definition) is 1. The van der Waals surface area contributed by atoms with Crippen LogP contribution in [0.3, 0.4) is 0 Å². The van der Waals surface area contributed by atoms with Crippen LogP contribution in [0.1, 0.15) is 42.1 Å². The van der Waals surface area contributed by atoms with Crippen LogP contribution in [0, 0.1) is 0 Å². The van der Waals surface area contributed by atoms with E-state index in [0.717, 1.165) is 18.4 Å². The fourth-order valence-electron chi connectivity index (χ4n) is 2.77. The fraction of sp³-hybridized carbons (Fsp3) is 0.333. The second-order valence-corrected chi connectivity index (χ2v) is 6.03. The third-order valence-corrected chi connectivity index (χ3v) is 4.27. The van der Waals surface area contributed by atoms with Crippen molar-refractivity contribution in [1.29, 1.82) is 0 Å². The standard InChI is InChI=1S/C18H21Cl2N/c1-4-12-6-7-14(8-13(12)5-2)18(21-3)15-9-16(19)11-17(20)10-15/h6-11,18,21H,4-5H2,1-3H3. The van der Waals surface area contributed by atoms with Crippen LogP contribution in [0.4, 0.5) is 0 Å². The molecule has 0 amide bonds. The van der Waals surface area contributed by atoms with E-state index in [4.69, 9.17) is 23.2 Å². The molecule has 1 atom stereocenters. The first-order valence-corrected chi connectivity index (χ1v) is 8.09. The lowest BCUT2D eigenvalue weighted by Gasteiger charge is -2.20. The highest BCUT2D eigenvalue weighted by atomic mass is 35.5. The van der Waals surface area contributed by atoms with E-state index in [-0.39, 0.29) is 6.04 Å². The van der Waals surface area contributed by atoms with E-state index in [9.17, 15) is 0 Å². The Labute approximate surface area is 137 Å². The molecule has 1 nitrogen and oxygen atoms in total. The number of aryl methyl sites for hydroxylation is 2. The van der Waals surface area contributed by atoms with Crippen molar-refractivity contribution in [3.05, 3.63) is 68.7 Å². The number of hydrogen-bond acceptors (Lipinski definition) is 1. The van der Waals surface area contributed by atoms with Crippen molar-refractivity contribution in [1.82, 2.24) is 5.32 Å². The number of nitrogens with one attached hydrogen (secondary N) is 1. The summed E-state index contributed by atoms with van der Waals surface area (Å²) in [6.45, 7) is 4.39. The van der Waals surface area contributed by atoms with Gasteiger partial charge in [0.05, 0.1) is 6.04 Å². The van der Waals surface area contributed by atoms with E-state index >= 15 is 0 Å². The van der Waals surface area contributed by atoms with Gasteiger partial charge in [0.15, 0.2) is 0 Å². The summed E-state index contributed by atoms with van der Waals surface area (Å²) in [5.74, 6) is 0. The Morgan fingerprint density at radius 1 is 0.857 bits per heavy atom. The summed E-state index contributed by atoms with van der Waals surface area (Å²) in [5.41, 5.74) is 5.15. The summed E-state index contributed by atoms with van der Waals surface area (Å²) in [6.07, 6.45) is 2.11. The van der Waals surface area contributed by atoms with Crippen LogP contribution in [0.25, 0.3) is 0 Å². The maximum atomic E-state index is 6.13. The summed E-state index contributed by atoms with van der Waals surface area (Å²) in [7, 11) is 1.96. The molecule has 0 heterocycles. The molecule has 3 heteroatoms. The van der Waals surface area contributed by atoms with Gasteiger partial charge in [0.25, 0.3) is 0 Å². The van der Waals surface area contributed by atoms with Crippen molar-refractivity contribution < 1.29 is 0 Å². The van der Waals surface area contributed by atoms with Crippen molar-refractivity contribution in [3.8, 4) is 0 Å². The summed E-state index contributed by atoms with van der Waals surface area (Å²) < 4.78 is 0. The van der Waals surface area contributed by atoms with Gasteiger partial charge in [-0.15, -0.1) is 0 Å². The Bertz CT molecular complexity index is 602. The van der Waals surface area contributed by atoms with Crippen LogP contribution in [0.5, 0.6) is 0 Å². The van der Waals surface area contributed by atoms with Crippen LogP contribution in [0.2, 0.25) is 10.0 Å². The first-order chi connectivity index (χ1) is 10.1. The molecule has 0 aromatic heterocycles. The molecule has 0 spiro atoms. The van der Waals surface area contributed by atoms with Gasteiger partial charge in [-0.3, -0.25) is 0 Å². The average Bonchev–Trinajstić information content (AvgIpc) is 2.46. The van der Waals surface area contributed by atoms with E-state index in [0.29, 0.717) is 10.0 Å². The van der Waals surface area contributed by atoms with Gasteiger partial charge in [-0.25, -0.2) is 0 Å². The highest BCUT2D eigenvalue weighted by Gasteiger charge is 2.14. The monoisotopic (exact) mass is 321 g/mol. The zero-order valence-electron chi connectivity index (χ0n) is 12.7. The summed E-state index contributed by atoms with van der Waals surface area (Å²) >= 11 is 12.3. The van der Waals surface area contributed by atoms with Gasteiger partial charge in [0.2, 0.25) is 0 Å². The quantitative estimate of drug-likeness (QED) is 0.774. The highest BCUT2D eigenvalue weighted by molar-refractivity contribution is 6.34. The fourth-order valence-corrected chi connectivity index (χ4v) is 3.31. The molecule has 0 saturated carbocycles. The smallest absolute Gasteiger partial charge is 0.0575 e. The third-order valence-electron chi connectivity index (χ3n) is 3.83. The summed E-state index contributed by atoms with van der Waals surface area (Å²) in [6, 6.07) is 12.5. The Kier molecular flexibility index (Phi) is 5.69. The Balaban J connectivity index is 2.45. The third kappa shape index (κ3) is 3.79.